The predicted octanol–water partition coefficient (Wildman–Crippen LogP) is 3.83. The molecule has 1 aliphatic carbocycles. The molecule has 0 aliphatic heterocycles. The molecule has 0 amide bonds. The van der Waals surface area contributed by atoms with E-state index in [1.54, 1.807) is 0 Å². The van der Waals surface area contributed by atoms with E-state index in [2.05, 4.69) is 34.3 Å². The molecule has 1 aliphatic rings. The number of aromatic nitrogens is 1. The lowest BCUT2D eigenvalue weighted by Gasteiger charge is -2.16. The standard InChI is InChI=1S/C18H23N3/c19-14-15-7-8-18-16(13-15)9-11-21(18)12-10-20-17-5-3-1-2-4-6-17/h7-9,11,13,17,20H,1-6,10,12H2. The molecule has 0 unspecified atom stereocenters. The molecule has 1 saturated carbocycles. The average Bonchev–Trinajstić information content (AvgIpc) is 2.73. The fraction of sp³-hybridized carbons (Fsp3) is 0.500. The zero-order valence-electron chi connectivity index (χ0n) is 12.5. The molecule has 1 aromatic carbocycles. The Morgan fingerprint density at radius 2 is 1.95 bits per heavy atom. The maximum Gasteiger partial charge on any atom is 0.0991 e. The minimum Gasteiger partial charge on any atom is -0.346 e. The monoisotopic (exact) mass is 281 g/mol. The first kappa shape index (κ1) is 14.2. The van der Waals surface area contributed by atoms with Gasteiger partial charge in [-0.05, 0) is 37.1 Å². The van der Waals surface area contributed by atoms with E-state index in [1.807, 2.05) is 12.1 Å². The van der Waals surface area contributed by atoms with Crippen molar-refractivity contribution in [3.63, 3.8) is 0 Å². The van der Waals surface area contributed by atoms with Gasteiger partial charge in [0.15, 0.2) is 0 Å². The van der Waals surface area contributed by atoms with Crippen molar-refractivity contribution in [1.29, 1.82) is 5.26 Å². The van der Waals surface area contributed by atoms with Crippen molar-refractivity contribution in [3.8, 4) is 6.07 Å². The van der Waals surface area contributed by atoms with Crippen molar-refractivity contribution in [2.75, 3.05) is 6.54 Å². The van der Waals surface area contributed by atoms with Gasteiger partial charge in [-0.1, -0.05) is 25.7 Å². The summed E-state index contributed by atoms with van der Waals surface area (Å²) in [7, 11) is 0. The van der Waals surface area contributed by atoms with Crippen LogP contribution >= 0.6 is 0 Å². The molecule has 0 atom stereocenters. The van der Waals surface area contributed by atoms with Crippen LogP contribution in [0.2, 0.25) is 0 Å². The molecule has 2 aromatic rings. The van der Waals surface area contributed by atoms with Gasteiger partial charge in [-0.2, -0.15) is 5.26 Å². The van der Waals surface area contributed by atoms with Gasteiger partial charge in [-0.15, -0.1) is 0 Å². The van der Waals surface area contributed by atoms with Crippen LogP contribution in [-0.4, -0.2) is 17.2 Å². The van der Waals surface area contributed by atoms with Crippen LogP contribution in [-0.2, 0) is 6.54 Å². The van der Waals surface area contributed by atoms with Gasteiger partial charge in [-0.25, -0.2) is 0 Å². The number of benzene rings is 1. The third-order valence-electron chi connectivity index (χ3n) is 4.54. The third kappa shape index (κ3) is 3.46. The molecule has 0 saturated heterocycles. The van der Waals surface area contributed by atoms with E-state index in [-0.39, 0.29) is 0 Å². The molecular formula is C18H23N3. The second kappa shape index (κ2) is 6.78. The van der Waals surface area contributed by atoms with E-state index in [9.17, 15) is 0 Å². The molecule has 0 radical (unpaired) electrons. The largest absolute Gasteiger partial charge is 0.346 e. The maximum absolute atomic E-state index is 8.95. The van der Waals surface area contributed by atoms with Crippen LogP contribution in [0.1, 0.15) is 44.1 Å². The molecule has 21 heavy (non-hydrogen) atoms. The number of nitriles is 1. The van der Waals surface area contributed by atoms with Gasteiger partial charge in [0, 0.05) is 36.2 Å². The topological polar surface area (TPSA) is 40.8 Å². The summed E-state index contributed by atoms with van der Waals surface area (Å²) in [6.07, 6.45) is 10.3. The Morgan fingerprint density at radius 1 is 1.14 bits per heavy atom. The summed E-state index contributed by atoms with van der Waals surface area (Å²) in [6.45, 7) is 2.01. The second-order valence-corrected chi connectivity index (χ2v) is 6.04. The van der Waals surface area contributed by atoms with E-state index in [4.69, 9.17) is 5.26 Å². The maximum atomic E-state index is 8.95. The van der Waals surface area contributed by atoms with E-state index in [0.717, 1.165) is 24.0 Å². The van der Waals surface area contributed by atoms with Crippen LogP contribution in [0.4, 0.5) is 0 Å². The van der Waals surface area contributed by atoms with E-state index >= 15 is 0 Å². The Hall–Kier alpha value is -1.79. The van der Waals surface area contributed by atoms with Crippen molar-refractivity contribution in [3.05, 3.63) is 36.0 Å². The molecular weight excluding hydrogens is 258 g/mol. The van der Waals surface area contributed by atoms with Crippen LogP contribution in [0.5, 0.6) is 0 Å². The smallest absolute Gasteiger partial charge is 0.0991 e. The molecule has 110 valence electrons. The van der Waals surface area contributed by atoms with E-state index in [0.29, 0.717) is 6.04 Å². The molecule has 0 spiro atoms. The lowest BCUT2D eigenvalue weighted by atomic mass is 10.1. The number of fused-ring (bicyclic) bond motifs is 1. The van der Waals surface area contributed by atoms with Crippen LogP contribution in [0.25, 0.3) is 10.9 Å². The van der Waals surface area contributed by atoms with Gasteiger partial charge < -0.3 is 9.88 Å². The highest BCUT2D eigenvalue weighted by atomic mass is 15.0. The molecule has 1 fully saturated rings. The zero-order chi connectivity index (χ0) is 14.5. The number of nitrogens with zero attached hydrogens (tertiary/aromatic N) is 2. The van der Waals surface area contributed by atoms with Crippen LogP contribution < -0.4 is 5.32 Å². The van der Waals surface area contributed by atoms with Crippen LogP contribution in [0.15, 0.2) is 30.5 Å². The Morgan fingerprint density at radius 3 is 2.71 bits per heavy atom. The number of hydrogen-bond acceptors (Lipinski definition) is 2. The lowest BCUT2D eigenvalue weighted by Crippen LogP contribution is -2.31. The molecule has 3 rings (SSSR count). The molecule has 1 aromatic heterocycles. The average molecular weight is 281 g/mol. The van der Waals surface area contributed by atoms with Crippen molar-refractivity contribution < 1.29 is 0 Å². The molecule has 3 heteroatoms. The first-order valence-electron chi connectivity index (χ1n) is 8.09. The Bertz CT molecular complexity index is 627. The first-order chi connectivity index (χ1) is 10.4. The third-order valence-corrected chi connectivity index (χ3v) is 4.54. The fourth-order valence-corrected chi connectivity index (χ4v) is 3.34. The lowest BCUT2D eigenvalue weighted by molar-refractivity contribution is 0.447. The van der Waals surface area contributed by atoms with Gasteiger partial charge >= 0.3 is 0 Å². The van der Waals surface area contributed by atoms with Gasteiger partial charge in [0.2, 0.25) is 0 Å². The van der Waals surface area contributed by atoms with Gasteiger partial charge in [0.1, 0.15) is 0 Å². The van der Waals surface area contributed by atoms with Crippen molar-refractivity contribution in [2.45, 2.75) is 51.1 Å². The summed E-state index contributed by atoms with van der Waals surface area (Å²) in [6, 6.07) is 10.9. The predicted molar refractivity (Wildman–Crippen MR) is 86.1 cm³/mol. The first-order valence-corrected chi connectivity index (χ1v) is 8.09. The summed E-state index contributed by atoms with van der Waals surface area (Å²) in [5.74, 6) is 0. The Kier molecular flexibility index (Phi) is 4.57. The van der Waals surface area contributed by atoms with E-state index in [1.165, 1.54) is 44.0 Å². The number of hydrogen-bond donors (Lipinski definition) is 1. The second-order valence-electron chi connectivity index (χ2n) is 6.04. The van der Waals surface area contributed by atoms with Crippen molar-refractivity contribution in [1.82, 2.24) is 9.88 Å². The highest BCUT2D eigenvalue weighted by Crippen LogP contribution is 2.18. The molecule has 1 heterocycles. The minimum absolute atomic E-state index is 0.708. The summed E-state index contributed by atoms with van der Waals surface area (Å²) in [5.41, 5.74) is 1.95. The molecule has 3 nitrogen and oxygen atoms in total. The fourth-order valence-electron chi connectivity index (χ4n) is 3.34. The molecule has 0 bridgehead atoms. The zero-order valence-corrected chi connectivity index (χ0v) is 12.5. The van der Waals surface area contributed by atoms with Crippen LogP contribution in [0.3, 0.4) is 0 Å². The number of nitrogens with one attached hydrogen (secondary N) is 1. The molecule has 1 N–H and O–H groups in total. The summed E-state index contributed by atoms with van der Waals surface area (Å²) < 4.78 is 2.28. The van der Waals surface area contributed by atoms with E-state index < -0.39 is 0 Å². The van der Waals surface area contributed by atoms with Crippen LogP contribution in [0, 0.1) is 11.3 Å². The Labute approximate surface area is 126 Å². The number of rotatable bonds is 4. The normalized spacial score (nSPS) is 16.7. The SMILES string of the molecule is N#Cc1ccc2c(ccn2CCNC2CCCCCC2)c1. The minimum atomic E-state index is 0.708. The highest BCUT2D eigenvalue weighted by molar-refractivity contribution is 5.81. The van der Waals surface area contributed by atoms with Gasteiger partial charge in [0.25, 0.3) is 0 Å². The highest BCUT2D eigenvalue weighted by Gasteiger charge is 2.11. The summed E-state index contributed by atoms with van der Waals surface area (Å²) in [4.78, 5) is 0. The Balaban J connectivity index is 1.59. The van der Waals surface area contributed by atoms with Gasteiger partial charge in [-0.3, -0.25) is 0 Å². The summed E-state index contributed by atoms with van der Waals surface area (Å²) in [5, 5.41) is 13.8. The van der Waals surface area contributed by atoms with Gasteiger partial charge in [0.05, 0.1) is 11.6 Å². The van der Waals surface area contributed by atoms with Crippen molar-refractivity contribution >= 4 is 10.9 Å². The van der Waals surface area contributed by atoms with Crippen molar-refractivity contribution in [2.24, 2.45) is 0 Å². The summed E-state index contributed by atoms with van der Waals surface area (Å²) >= 11 is 0. The quantitative estimate of drug-likeness (QED) is 0.865.